The predicted molar refractivity (Wildman–Crippen MR) is 81.5 cm³/mol. The highest BCUT2D eigenvalue weighted by Gasteiger charge is 2.11. The molecule has 0 fully saturated rings. The Morgan fingerprint density at radius 1 is 1.00 bits per heavy atom. The van der Waals surface area contributed by atoms with E-state index in [4.69, 9.17) is 5.26 Å². The maximum Gasteiger partial charge on any atom is 0.101 e. The summed E-state index contributed by atoms with van der Waals surface area (Å²) in [6, 6.07) is 14.7. The van der Waals surface area contributed by atoms with E-state index >= 15 is 0 Å². The van der Waals surface area contributed by atoms with Gasteiger partial charge in [-0.05, 0) is 41.9 Å². The molecule has 2 aromatic rings. The van der Waals surface area contributed by atoms with Gasteiger partial charge in [0.25, 0.3) is 0 Å². The summed E-state index contributed by atoms with van der Waals surface area (Å²) in [4.78, 5) is 4.14. The summed E-state index contributed by atoms with van der Waals surface area (Å²) in [7, 11) is 0. The molecule has 1 heterocycles. The van der Waals surface area contributed by atoms with Gasteiger partial charge in [0.15, 0.2) is 0 Å². The van der Waals surface area contributed by atoms with Crippen LogP contribution in [0.3, 0.4) is 0 Å². The lowest BCUT2D eigenvalue weighted by Crippen LogP contribution is -2.00. The fraction of sp³-hybridized carbons (Fsp3) is 0.333. The van der Waals surface area contributed by atoms with Gasteiger partial charge in [0.2, 0.25) is 0 Å². The highest BCUT2D eigenvalue weighted by Crippen LogP contribution is 2.27. The number of nitriles is 1. The zero-order chi connectivity index (χ0) is 14.4. The second kappa shape index (κ2) is 6.86. The van der Waals surface area contributed by atoms with Crippen LogP contribution >= 0.6 is 0 Å². The molecule has 2 rings (SSSR count). The second-order valence-corrected chi connectivity index (χ2v) is 5.41. The molecule has 0 amide bonds. The Balaban J connectivity index is 1.95. The monoisotopic (exact) mass is 264 g/mol. The molecule has 0 aliphatic carbocycles. The van der Waals surface area contributed by atoms with E-state index in [1.54, 1.807) is 6.20 Å². The van der Waals surface area contributed by atoms with Gasteiger partial charge < -0.3 is 0 Å². The second-order valence-electron chi connectivity index (χ2n) is 5.41. The number of aromatic nitrogens is 1. The molecule has 102 valence electrons. The Morgan fingerprint density at radius 2 is 1.65 bits per heavy atom. The molecule has 0 aliphatic rings. The average Bonchev–Trinajstić information content (AvgIpc) is 2.53. The van der Waals surface area contributed by atoms with E-state index in [1.165, 1.54) is 5.56 Å². The molecule has 2 heteroatoms. The Bertz CT molecular complexity index is 584. The van der Waals surface area contributed by atoms with Crippen LogP contribution in [0.15, 0.2) is 48.8 Å². The first-order valence-corrected chi connectivity index (χ1v) is 7.10. The van der Waals surface area contributed by atoms with E-state index in [0.717, 1.165) is 18.4 Å². The maximum atomic E-state index is 8.92. The van der Waals surface area contributed by atoms with Crippen LogP contribution in [0.25, 0.3) is 0 Å². The zero-order valence-corrected chi connectivity index (χ0v) is 12.1. The van der Waals surface area contributed by atoms with Crippen LogP contribution in [0.1, 0.15) is 55.2 Å². The Labute approximate surface area is 121 Å². The summed E-state index contributed by atoms with van der Waals surface area (Å²) in [5.74, 6) is 0.993. The van der Waals surface area contributed by atoms with Crippen LogP contribution in [0.2, 0.25) is 0 Å². The highest BCUT2D eigenvalue weighted by atomic mass is 14.6. The minimum absolute atomic E-state index is 0.432. The van der Waals surface area contributed by atoms with Gasteiger partial charge in [-0.25, -0.2) is 0 Å². The number of nitrogens with zero attached hydrogens (tertiary/aromatic N) is 2. The van der Waals surface area contributed by atoms with Gasteiger partial charge in [-0.1, -0.05) is 44.2 Å². The number of hydrogen-bond acceptors (Lipinski definition) is 2. The van der Waals surface area contributed by atoms with Crippen molar-refractivity contribution in [1.29, 1.82) is 5.26 Å². The fourth-order valence-corrected chi connectivity index (χ4v) is 2.40. The topological polar surface area (TPSA) is 36.7 Å². The summed E-state index contributed by atoms with van der Waals surface area (Å²) in [5, 5.41) is 8.92. The van der Waals surface area contributed by atoms with Crippen molar-refractivity contribution in [3.63, 3.8) is 0 Å². The van der Waals surface area contributed by atoms with E-state index in [0.29, 0.717) is 17.4 Å². The average molecular weight is 264 g/mol. The first-order valence-electron chi connectivity index (χ1n) is 7.10. The van der Waals surface area contributed by atoms with Crippen LogP contribution in [0, 0.1) is 11.3 Å². The normalized spacial score (nSPS) is 13.4. The fourth-order valence-electron chi connectivity index (χ4n) is 2.40. The quantitative estimate of drug-likeness (QED) is 0.788. The zero-order valence-electron chi connectivity index (χ0n) is 12.1. The van der Waals surface area contributed by atoms with Crippen molar-refractivity contribution < 1.29 is 0 Å². The summed E-state index contributed by atoms with van der Waals surface area (Å²) in [6.07, 6.45) is 5.73. The molecule has 2 unspecified atom stereocenters. The minimum atomic E-state index is 0.432. The van der Waals surface area contributed by atoms with E-state index in [9.17, 15) is 0 Å². The van der Waals surface area contributed by atoms with Crippen molar-refractivity contribution in [3.05, 3.63) is 65.5 Å². The summed E-state index contributed by atoms with van der Waals surface area (Å²) in [5.41, 5.74) is 3.19. The molecule has 1 aromatic carbocycles. The van der Waals surface area contributed by atoms with E-state index in [1.807, 2.05) is 12.3 Å². The molecule has 2 atom stereocenters. The van der Waals surface area contributed by atoms with Gasteiger partial charge in [-0.3, -0.25) is 4.98 Å². The summed E-state index contributed by atoms with van der Waals surface area (Å²) < 4.78 is 0. The van der Waals surface area contributed by atoms with Crippen molar-refractivity contribution in [1.82, 2.24) is 4.98 Å². The molecule has 2 nitrogen and oxygen atoms in total. The molecule has 0 radical (unpaired) electrons. The molecule has 20 heavy (non-hydrogen) atoms. The van der Waals surface area contributed by atoms with Crippen molar-refractivity contribution in [2.24, 2.45) is 0 Å². The molecule has 1 aromatic heterocycles. The molecule has 0 bridgehead atoms. The lowest BCUT2D eigenvalue weighted by Gasteiger charge is -2.16. The first kappa shape index (κ1) is 14.3. The van der Waals surface area contributed by atoms with Crippen LogP contribution in [-0.2, 0) is 0 Å². The van der Waals surface area contributed by atoms with Crippen molar-refractivity contribution >= 4 is 0 Å². The lowest BCUT2D eigenvalue weighted by molar-refractivity contribution is 0.572. The standard InChI is InChI=1S/C18H20N2/c1-14(17-6-4-3-5-7-17)8-9-15(2)18-10-16(11-19)12-20-13-18/h3-7,10,12-15H,8-9H2,1-2H3. The maximum absolute atomic E-state index is 8.92. The summed E-state index contributed by atoms with van der Waals surface area (Å²) in [6.45, 7) is 4.47. The van der Waals surface area contributed by atoms with Crippen molar-refractivity contribution in [3.8, 4) is 6.07 Å². The van der Waals surface area contributed by atoms with E-state index in [-0.39, 0.29) is 0 Å². The Morgan fingerprint density at radius 3 is 2.30 bits per heavy atom. The minimum Gasteiger partial charge on any atom is -0.263 e. The smallest absolute Gasteiger partial charge is 0.101 e. The van der Waals surface area contributed by atoms with Crippen LogP contribution in [-0.4, -0.2) is 4.98 Å². The number of hydrogen-bond donors (Lipinski definition) is 0. The van der Waals surface area contributed by atoms with Crippen LogP contribution in [0.5, 0.6) is 0 Å². The van der Waals surface area contributed by atoms with Crippen LogP contribution < -0.4 is 0 Å². The molecule has 0 saturated carbocycles. The van der Waals surface area contributed by atoms with E-state index < -0.39 is 0 Å². The highest BCUT2D eigenvalue weighted by molar-refractivity contribution is 5.30. The van der Waals surface area contributed by atoms with Crippen molar-refractivity contribution in [2.75, 3.05) is 0 Å². The van der Waals surface area contributed by atoms with Gasteiger partial charge >= 0.3 is 0 Å². The van der Waals surface area contributed by atoms with Crippen molar-refractivity contribution in [2.45, 2.75) is 38.5 Å². The molecule has 0 N–H and O–H groups in total. The third-order valence-electron chi connectivity index (χ3n) is 3.86. The van der Waals surface area contributed by atoms with Gasteiger partial charge in [0.05, 0.1) is 5.56 Å². The molecular weight excluding hydrogens is 244 g/mol. The third kappa shape index (κ3) is 3.68. The van der Waals surface area contributed by atoms with Gasteiger partial charge in [0, 0.05) is 12.4 Å². The van der Waals surface area contributed by atoms with E-state index in [2.05, 4.69) is 55.2 Å². The molecular formula is C18H20N2. The number of rotatable bonds is 5. The molecule has 0 saturated heterocycles. The largest absolute Gasteiger partial charge is 0.263 e. The summed E-state index contributed by atoms with van der Waals surface area (Å²) >= 11 is 0. The third-order valence-corrected chi connectivity index (χ3v) is 3.86. The van der Waals surface area contributed by atoms with Gasteiger partial charge in [-0.15, -0.1) is 0 Å². The molecule has 0 spiro atoms. The lowest BCUT2D eigenvalue weighted by atomic mass is 9.89. The Hall–Kier alpha value is -2.14. The first-order chi connectivity index (χ1) is 9.70. The molecule has 0 aliphatic heterocycles. The number of benzene rings is 1. The SMILES string of the molecule is CC(CCC(C)c1cncc(C#N)c1)c1ccccc1. The van der Waals surface area contributed by atoms with Gasteiger partial charge in [0.1, 0.15) is 6.07 Å². The van der Waals surface area contributed by atoms with Crippen LogP contribution in [0.4, 0.5) is 0 Å². The Kier molecular flexibility index (Phi) is 4.90. The van der Waals surface area contributed by atoms with Gasteiger partial charge in [-0.2, -0.15) is 5.26 Å². The predicted octanol–water partition coefficient (Wildman–Crippen LogP) is 4.64. The number of pyridine rings is 1.